The lowest BCUT2D eigenvalue weighted by molar-refractivity contribution is 0.0971. The van der Waals surface area contributed by atoms with Crippen molar-refractivity contribution in [1.82, 2.24) is 0 Å². The molecule has 0 saturated carbocycles. The molecule has 0 N–H and O–H groups in total. The number of fused-ring (bicyclic) bond motifs is 2. The van der Waals surface area contributed by atoms with E-state index in [1.807, 2.05) is 55.5 Å². The van der Waals surface area contributed by atoms with Gasteiger partial charge in [-0.1, -0.05) is 45.8 Å². The van der Waals surface area contributed by atoms with Crippen LogP contribution >= 0.6 is 15.9 Å². The van der Waals surface area contributed by atoms with Crippen LogP contribution in [-0.4, -0.2) is 13.0 Å². The van der Waals surface area contributed by atoms with Crippen molar-refractivity contribution >= 4 is 38.5 Å². The summed E-state index contributed by atoms with van der Waals surface area (Å²) in [4.78, 5) is 28.7. The number of hydrogen-bond donors (Lipinski definition) is 0. The average molecular weight is 476 g/mol. The molecule has 1 atom stereocenters. The average Bonchev–Trinajstić information content (AvgIpc) is 3.07. The van der Waals surface area contributed by atoms with E-state index in [0.717, 1.165) is 15.6 Å². The van der Waals surface area contributed by atoms with Gasteiger partial charge in [-0.25, -0.2) is 0 Å². The van der Waals surface area contributed by atoms with Crippen LogP contribution in [0.3, 0.4) is 0 Å². The first-order valence-electron chi connectivity index (χ1n) is 9.78. The second kappa shape index (κ2) is 7.39. The zero-order chi connectivity index (χ0) is 21.7. The van der Waals surface area contributed by atoms with Gasteiger partial charge in [0.05, 0.1) is 24.1 Å². The molecular formula is C25H18BrNO4. The molecule has 1 amide bonds. The smallest absolute Gasteiger partial charge is 0.295 e. The monoisotopic (exact) mass is 475 g/mol. The molecule has 5 nitrogen and oxygen atoms in total. The summed E-state index contributed by atoms with van der Waals surface area (Å²) in [5.41, 5.74) is 3.11. The Balaban J connectivity index is 1.79. The Bertz CT molecular complexity index is 1370. The fourth-order valence-corrected chi connectivity index (χ4v) is 4.38. The maximum absolute atomic E-state index is 13.6. The summed E-state index contributed by atoms with van der Waals surface area (Å²) in [7, 11) is 1.60. The van der Waals surface area contributed by atoms with E-state index < -0.39 is 6.04 Å². The van der Waals surface area contributed by atoms with Gasteiger partial charge in [-0.05, 0) is 55.0 Å². The molecule has 1 aromatic heterocycles. The summed E-state index contributed by atoms with van der Waals surface area (Å²) in [5.74, 6) is 0.451. The quantitative estimate of drug-likeness (QED) is 0.385. The second-order valence-electron chi connectivity index (χ2n) is 7.50. The number of ether oxygens (including phenoxy) is 1. The predicted molar refractivity (Wildman–Crippen MR) is 123 cm³/mol. The second-order valence-corrected chi connectivity index (χ2v) is 8.42. The van der Waals surface area contributed by atoms with E-state index in [2.05, 4.69) is 15.9 Å². The molecule has 0 spiro atoms. The number of carbonyl (C=O) groups excluding carboxylic acids is 1. The summed E-state index contributed by atoms with van der Waals surface area (Å²) in [6.45, 7) is 1.99. The molecule has 0 aliphatic carbocycles. The van der Waals surface area contributed by atoms with Gasteiger partial charge in [0, 0.05) is 10.2 Å². The SMILES string of the molecule is COc1ccc(C2c3c(oc4ccc(Br)cc4c3=O)C(=O)N2c2ccc(C)cc2)cc1. The summed E-state index contributed by atoms with van der Waals surface area (Å²) in [6, 6.07) is 19.7. The van der Waals surface area contributed by atoms with Crippen molar-refractivity contribution in [3.63, 3.8) is 0 Å². The van der Waals surface area contributed by atoms with Gasteiger partial charge in [0.25, 0.3) is 5.91 Å². The minimum absolute atomic E-state index is 0.0845. The molecule has 4 aromatic rings. The van der Waals surface area contributed by atoms with E-state index in [1.165, 1.54) is 0 Å². The number of amides is 1. The normalized spacial score (nSPS) is 15.4. The van der Waals surface area contributed by atoms with Crippen molar-refractivity contribution in [3.8, 4) is 5.75 Å². The van der Waals surface area contributed by atoms with Crippen LogP contribution in [0.25, 0.3) is 11.0 Å². The minimum atomic E-state index is -0.601. The number of carbonyl (C=O) groups is 1. The van der Waals surface area contributed by atoms with Gasteiger partial charge in [0.1, 0.15) is 11.3 Å². The van der Waals surface area contributed by atoms with Crippen LogP contribution < -0.4 is 15.1 Å². The van der Waals surface area contributed by atoms with Gasteiger partial charge in [0.2, 0.25) is 5.76 Å². The Morgan fingerprint density at radius 2 is 1.68 bits per heavy atom. The molecule has 0 saturated heterocycles. The van der Waals surface area contributed by atoms with E-state index in [9.17, 15) is 9.59 Å². The van der Waals surface area contributed by atoms with Crippen LogP contribution in [0.1, 0.15) is 33.3 Å². The molecule has 5 rings (SSSR count). The van der Waals surface area contributed by atoms with Gasteiger partial charge in [-0.3, -0.25) is 14.5 Å². The van der Waals surface area contributed by atoms with Gasteiger partial charge in [-0.15, -0.1) is 0 Å². The third-order valence-corrected chi connectivity index (χ3v) is 6.07. The van der Waals surface area contributed by atoms with Crippen LogP contribution in [0.5, 0.6) is 5.75 Å². The van der Waals surface area contributed by atoms with Crippen molar-refractivity contribution in [2.75, 3.05) is 12.0 Å². The maximum atomic E-state index is 13.6. The van der Waals surface area contributed by atoms with E-state index in [4.69, 9.17) is 9.15 Å². The first kappa shape index (κ1) is 19.6. The van der Waals surface area contributed by atoms with Gasteiger partial charge >= 0.3 is 0 Å². The van der Waals surface area contributed by atoms with Crippen LogP contribution in [0.15, 0.2) is 80.4 Å². The Morgan fingerprint density at radius 3 is 2.35 bits per heavy atom. The lowest BCUT2D eigenvalue weighted by atomic mass is 9.98. The third-order valence-electron chi connectivity index (χ3n) is 5.58. The van der Waals surface area contributed by atoms with Crippen molar-refractivity contribution in [2.45, 2.75) is 13.0 Å². The highest BCUT2D eigenvalue weighted by Crippen LogP contribution is 2.41. The number of anilines is 1. The number of hydrogen-bond acceptors (Lipinski definition) is 4. The maximum Gasteiger partial charge on any atom is 0.295 e. The van der Waals surface area contributed by atoms with E-state index in [1.54, 1.807) is 30.2 Å². The predicted octanol–water partition coefficient (Wildman–Crippen LogP) is 5.62. The molecule has 0 fully saturated rings. The molecule has 6 heteroatoms. The number of nitrogens with zero attached hydrogens (tertiary/aromatic N) is 1. The van der Waals surface area contributed by atoms with E-state index >= 15 is 0 Å². The lowest BCUT2D eigenvalue weighted by Gasteiger charge is -2.25. The van der Waals surface area contributed by atoms with Crippen LogP contribution in [0.2, 0.25) is 0 Å². The molecule has 2 heterocycles. The summed E-state index contributed by atoms with van der Waals surface area (Å²) in [6.07, 6.45) is 0. The van der Waals surface area contributed by atoms with E-state index in [0.29, 0.717) is 28.0 Å². The van der Waals surface area contributed by atoms with Crippen LogP contribution in [0, 0.1) is 6.92 Å². The highest BCUT2D eigenvalue weighted by atomic mass is 79.9. The molecule has 0 bridgehead atoms. The van der Waals surface area contributed by atoms with E-state index in [-0.39, 0.29) is 17.1 Å². The van der Waals surface area contributed by atoms with Gasteiger partial charge in [0.15, 0.2) is 5.43 Å². The largest absolute Gasteiger partial charge is 0.497 e. The van der Waals surface area contributed by atoms with Gasteiger partial charge in [-0.2, -0.15) is 0 Å². The molecular weight excluding hydrogens is 458 g/mol. The zero-order valence-corrected chi connectivity index (χ0v) is 18.5. The van der Waals surface area contributed by atoms with Crippen molar-refractivity contribution in [3.05, 3.63) is 104 Å². The first-order chi connectivity index (χ1) is 15.0. The topological polar surface area (TPSA) is 59.8 Å². The molecule has 31 heavy (non-hydrogen) atoms. The Kier molecular flexibility index (Phi) is 4.67. The van der Waals surface area contributed by atoms with Crippen molar-refractivity contribution < 1.29 is 13.9 Å². The molecule has 0 radical (unpaired) electrons. The fourth-order valence-electron chi connectivity index (χ4n) is 4.02. The molecule has 3 aromatic carbocycles. The van der Waals surface area contributed by atoms with Gasteiger partial charge < -0.3 is 9.15 Å². The van der Waals surface area contributed by atoms with Crippen LogP contribution in [0.4, 0.5) is 5.69 Å². The number of methoxy groups -OCH3 is 1. The Labute approximate surface area is 187 Å². The van der Waals surface area contributed by atoms with Crippen molar-refractivity contribution in [2.24, 2.45) is 0 Å². The first-order valence-corrected chi connectivity index (χ1v) is 10.6. The fraction of sp³-hybridized carbons (Fsp3) is 0.120. The molecule has 154 valence electrons. The Hall–Kier alpha value is -3.38. The third kappa shape index (κ3) is 3.15. The lowest BCUT2D eigenvalue weighted by Crippen LogP contribution is -2.29. The molecule has 1 unspecified atom stereocenters. The highest BCUT2D eigenvalue weighted by molar-refractivity contribution is 9.10. The molecule has 1 aliphatic rings. The number of rotatable bonds is 3. The standard InChI is InChI=1S/C25H18BrNO4/c1-14-3-8-17(9-4-14)27-22(15-5-10-18(30-2)11-6-15)21-23(28)19-13-16(26)7-12-20(19)31-24(21)25(27)29/h3-13,22H,1-2H3. The minimum Gasteiger partial charge on any atom is -0.497 e. The molecule has 1 aliphatic heterocycles. The number of halogens is 1. The number of benzene rings is 3. The summed E-state index contributed by atoms with van der Waals surface area (Å²) >= 11 is 3.42. The Morgan fingerprint density at radius 1 is 0.968 bits per heavy atom. The zero-order valence-electron chi connectivity index (χ0n) is 16.9. The number of aryl methyl sites for hydroxylation is 1. The summed E-state index contributed by atoms with van der Waals surface area (Å²) in [5, 5.41) is 0.435. The highest BCUT2D eigenvalue weighted by Gasteiger charge is 2.43. The van der Waals surface area contributed by atoms with Crippen LogP contribution in [-0.2, 0) is 0 Å². The van der Waals surface area contributed by atoms with Crippen molar-refractivity contribution in [1.29, 1.82) is 0 Å². The summed E-state index contributed by atoms with van der Waals surface area (Å²) < 4.78 is 12.0.